The number of ether oxygens (including phenoxy) is 1. The third kappa shape index (κ3) is 4.56. The average Bonchev–Trinajstić information content (AvgIpc) is 2.53. The quantitative estimate of drug-likeness (QED) is 0.314. The van der Waals surface area contributed by atoms with Gasteiger partial charge in [0.05, 0.1) is 6.61 Å². The van der Waals surface area contributed by atoms with Crippen molar-refractivity contribution >= 4 is 0 Å². The van der Waals surface area contributed by atoms with Crippen molar-refractivity contribution in [1.82, 2.24) is 0 Å². The van der Waals surface area contributed by atoms with Gasteiger partial charge in [-0.15, -0.1) is 6.42 Å². The zero-order valence-corrected chi connectivity index (χ0v) is 13.0. The number of benzene rings is 1. The Morgan fingerprint density at radius 2 is 1.35 bits per heavy atom. The topological polar surface area (TPSA) is 9.23 Å². The lowest BCUT2D eigenvalue weighted by atomic mass is 9.99. The van der Waals surface area contributed by atoms with E-state index in [0.717, 1.165) is 0 Å². The summed E-state index contributed by atoms with van der Waals surface area (Å²) < 4.78 is 119. The van der Waals surface area contributed by atoms with Crippen molar-refractivity contribution in [3.63, 3.8) is 0 Å². The molecule has 0 aromatic heterocycles. The molecule has 0 amide bonds. The fraction of sp³-hybridized carbons (Fsp3) is 0.500. The van der Waals surface area contributed by atoms with Crippen molar-refractivity contribution in [3.05, 3.63) is 29.8 Å². The second-order valence-electron chi connectivity index (χ2n) is 5.33. The van der Waals surface area contributed by atoms with Crippen LogP contribution in [0.1, 0.15) is 24.8 Å². The molecule has 0 unspecified atom stereocenters. The first-order valence-corrected chi connectivity index (χ1v) is 7.16. The van der Waals surface area contributed by atoms with Gasteiger partial charge < -0.3 is 4.74 Å². The largest absolute Gasteiger partial charge is 0.494 e. The first-order chi connectivity index (χ1) is 11.8. The summed E-state index contributed by atoms with van der Waals surface area (Å²) in [7, 11) is 0. The van der Waals surface area contributed by atoms with E-state index < -0.39 is 36.8 Å². The van der Waals surface area contributed by atoms with Crippen LogP contribution in [0.2, 0.25) is 0 Å². The third-order valence-electron chi connectivity index (χ3n) is 3.38. The number of halogens is 9. The molecule has 146 valence electrons. The summed E-state index contributed by atoms with van der Waals surface area (Å²) in [6.45, 7) is -0.229. The Labute approximate surface area is 143 Å². The van der Waals surface area contributed by atoms with Crippen LogP contribution in [0.25, 0.3) is 0 Å². The van der Waals surface area contributed by atoms with E-state index in [1.54, 1.807) is 0 Å². The highest BCUT2D eigenvalue weighted by molar-refractivity contribution is 5.36. The van der Waals surface area contributed by atoms with Crippen molar-refractivity contribution in [3.8, 4) is 18.1 Å². The smallest absolute Gasteiger partial charge is 0.460 e. The fourth-order valence-corrected chi connectivity index (χ4v) is 1.85. The van der Waals surface area contributed by atoms with Crippen molar-refractivity contribution in [1.29, 1.82) is 0 Å². The van der Waals surface area contributed by atoms with Gasteiger partial charge in [-0.05, 0) is 37.1 Å². The molecule has 0 radical (unpaired) electrons. The predicted octanol–water partition coefficient (Wildman–Crippen LogP) is 5.69. The minimum absolute atomic E-state index is 0.229. The van der Waals surface area contributed by atoms with Gasteiger partial charge in [0.2, 0.25) is 0 Å². The monoisotopic (exact) mass is 392 g/mol. The van der Waals surface area contributed by atoms with Crippen LogP contribution < -0.4 is 4.74 Å². The van der Waals surface area contributed by atoms with Crippen LogP contribution in [0.3, 0.4) is 0 Å². The van der Waals surface area contributed by atoms with Gasteiger partial charge in [0.1, 0.15) is 5.75 Å². The van der Waals surface area contributed by atoms with Crippen molar-refractivity contribution in [2.75, 3.05) is 6.61 Å². The number of unbranched alkanes of at least 4 members (excludes halogenated alkanes) is 1. The van der Waals surface area contributed by atoms with Crippen LogP contribution in [0.5, 0.6) is 5.75 Å². The van der Waals surface area contributed by atoms with Crippen LogP contribution in [0.4, 0.5) is 39.5 Å². The molecule has 0 bridgehead atoms. The minimum atomic E-state index is -6.85. The van der Waals surface area contributed by atoms with E-state index in [2.05, 4.69) is 5.92 Å². The Bertz CT molecular complexity index is 627. The summed E-state index contributed by atoms with van der Waals surface area (Å²) >= 11 is 0. The number of hydrogen-bond acceptors (Lipinski definition) is 1. The summed E-state index contributed by atoms with van der Waals surface area (Å²) in [6.07, 6.45) is -4.54. The van der Waals surface area contributed by atoms with Crippen LogP contribution in [-0.4, -0.2) is 30.6 Å². The normalized spacial score (nSPS) is 13.4. The highest BCUT2D eigenvalue weighted by atomic mass is 19.4. The Balaban J connectivity index is 2.56. The first kappa shape index (κ1) is 22.0. The highest BCUT2D eigenvalue weighted by Crippen LogP contribution is 2.54. The Morgan fingerprint density at radius 1 is 0.808 bits per heavy atom. The molecule has 0 aliphatic heterocycles. The fourth-order valence-electron chi connectivity index (χ4n) is 1.85. The van der Waals surface area contributed by atoms with Gasteiger partial charge in [0.15, 0.2) is 0 Å². The van der Waals surface area contributed by atoms with Crippen LogP contribution in [0, 0.1) is 12.3 Å². The SMILES string of the molecule is C#Cc1ccc(OCCCCC(F)(F)C(F)(F)C(F)(F)C(F)(F)F)cc1. The predicted molar refractivity (Wildman–Crippen MR) is 74.6 cm³/mol. The zero-order valence-electron chi connectivity index (χ0n) is 13.0. The molecule has 0 atom stereocenters. The molecule has 26 heavy (non-hydrogen) atoms. The second kappa shape index (κ2) is 7.68. The van der Waals surface area contributed by atoms with Gasteiger partial charge in [-0.2, -0.15) is 39.5 Å². The number of rotatable bonds is 8. The maximum atomic E-state index is 13.3. The highest BCUT2D eigenvalue weighted by Gasteiger charge is 2.81. The van der Waals surface area contributed by atoms with Gasteiger partial charge in [0, 0.05) is 12.0 Å². The molecule has 0 saturated carbocycles. The molecular weight excluding hydrogens is 379 g/mol. The van der Waals surface area contributed by atoms with E-state index in [9.17, 15) is 39.5 Å². The van der Waals surface area contributed by atoms with Crippen LogP contribution >= 0.6 is 0 Å². The van der Waals surface area contributed by atoms with E-state index in [4.69, 9.17) is 11.2 Å². The molecule has 1 rings (SSSR count). The van der Waals surface area contributed by atoms with E-state index in [1.165, 1.54) is 24.3 Å². The molecular formula is C16H13F9O. The van der Waals surface area contributed by atoms with Gasteiger partial charge in [-0.1, -0.05) is 5.92 Å². The number of alkyl halides is 9. The number of terminal acetylenes is 1. The summed E-state index contributed by atoms with van der Waals surface area (Å²) in [4.78, 5) is 0. The molecule has 1 aromatic rings. The summed E-state index contributed by atoms with van der Waals surface area (Å²) in [5, 5.41) is 0. The van der Waals surface area contributed by atoms with Crippen LogP contribution in [-0.2, 0) is 0 Å². The van der Waals surface area contributed by atoms with Gasteiger partial charge in [0.25, 0.3) is 0 Å². The second-order valence-corrected chi connectivity index (χ2v) is 5.33. The molecule has 0 aliphatic carbocycles. The van der Waals surface area contributed by atoms with Crippen LogP contribution in [0.15, 0.2) is 24.3 Å². The Hall–Kier alpha value is -2.05. The Kier molecular flexibility index (Phi) is 6.49. The molecule has 0 heterocycles. The van der Waals surface area contributed by atoms with Gasteiger partial charge in [-0.25, -0.2) is 0 Å². The summed E-state index contributed by atoms with van der Waals surface area (Å²) in [6, 6.07) is 5.95. The third-order valence-corrected chi connectivity index (χ3v) is 3.38. The van der Waals surface area contributed by atoms with E-state index in [0.29, 0.717) is 11.3 Å². The van der Waals surface area contributed by atoms with Gasteiger partial charge in [-0.3, -0.25) is 0 Å². The van der Waals surface area contributed by atoms with Gasteiger partial charge >= 0.3 is 23.9 Å². The van der Waals surface area contributed by atoms with Crippen molar-refractivity contribution in [2.24, 2.45) is 0 Å². The molecule has 0 fully saturated rings. The maximum absolute atomic E-state index is 13.3. The maximum Gasteiger partial charge on any atom is 0.460 e. The lowest BCUT2D eigenvalue weighted by molar-refractivity contribution is -0.396. The van der Waals surface area contributed by atoms with E-state index in [1.807, 2.05) is 0 Å². The molecule has 1 nitrogen and oxygen atoms in total. The molecule has 10 heteroatoms. The zero-order chi connectivity index (χ0) is 20.2. The summed E-state index contributed by atoms with van der Waals surface area (Å²) in [5.74, 6) is -16.3. The molecule has 0 aliphatic rings. The summed E-state index contributed by atoms with van der Waals surface area (Å²) in [5.41, 5.74) is 0.546. The minimum Gasteiger partial charge on any atom is -0.494 e. The molecule has 0 N–H and O–H groups in total. The molecule has 0 spiro atoms. The molecule has 0 saturated heterocycles. The average molecular weight is 392 g/mol. The number of hydrogen-bond donors (Lipinski definition) is 0. The van der Waals surface area contributed by atoms with Crippen molar-refractivity contribution in [2.45, 2.75) is 43.2 Å². The first-order valence-electron chi connectivity index (χ1n) is 7.16. The lowest BCUT2D eigenvalue weighted by Crippen LogP contribution is -2.60. The van der Waals surface area contributed by atoms with E-state index >= 15 is 0 Å². The lowest BCUT2D eigenvalue weighted by Gasteiger charge is -2.33. The van der Waals surface area contributed by atoms with Crippen molar-refractivity contribution < 1.29 is 44.3 Å². The standard InChI is InChI=1S/C16H13F9O/c1-2-11-5-7-12(8-6-11)26-10-4-3-9-13(17,18)14(19,20)15(21,22)16(23,24)25/h1,5-8H,3-4,9-10H2. The van der Waals surface area contributed by atoms with E-state index in [-0.39, 0.29) is 13.0 Å². The Morgan fingerprint density at radius 3 is 1.81 bits per heavy atom. The molecule has 1 aromatic carbocycles.